The summed E-state index contributed by atoms with van der Waals surface area (Å²) in [5.41, 5.74) is 4.52. The summed E-state index contributed by atoms with van der Waals surface area (Å²) in [6.45, 7) is 5.04. The summed E-state index contributed by atoms with van der Waals surface area (Å²) in [5.74, 6) is 0.192. The van der Waals surface area contributed by atoms with Crippen LogP contribution in [0, 0.1) is 18.3 Å². The molecule has 8 heteroatoms. The van der Waals surface area contributed by atoms with Gasteiger partial charge in [0.05, 0.1) is 28.4 Å². The van der Waals surface area contributed by atoms with E-state index >= 15 is 0 Å². The lowest BCUT2D eigenvalue weighted by molar-refractivity contribution is 0.101. The average molecular weight is 477 g/mol. The predicted molar refractivity (Wildman–Crippen MR) is 123 cm³/mol. The molecule has 0 bridgehead atoms. The SMILES string of the molecule is CCn1nc(C)cc1C(=O)Nc1nc2cc(C#N)ccc2n1CCc1ccc(Br)cc1. The highest BCUT2D eigenvalue weighted by Crippen LogP contribution is 2.23. The summed E-state index contributed by atoms with van der Waals surface area (Å²) in [6, 6.07) is 17.4. The van der Waals surface area contributed by atoms with Crippen molar-refractivity contribution in [3.63, 3.8) is 0 Å². The van der Waals surface area contributed by atoms with Crippen molar-refractivity contribution in [3.8, 4) is 6.07 Å². The van der Waals surface area contributed by atoms with E-state index in [1.54, 1.807) is 22.9 Å². The number of fused-ring (bicyclic) bond motifs is 1. The van der Waals surface area contributed by atoms with Crippen LogP contribution in [-0.4, -0.2) is 25.2 Å². The fraction of sp³-hybridized carbons (Fsp3) is 0.217. The van der Waals surface area contributed by atoms with Gasteiger partial charge in [0.2, 0.25) is 5.95 Å². The molecule has 0 aliphatic carbocycles. The van der Waals surface area contributed by atoms with Crippen LogP contribution in [0.5, 0.6) is 0 Å². The van der Waals surface area contributed by atoms with Crippen molar-refractivity contribution >= 4 is 38.8 Å². The van der Waals surface area contributed by atoms with Crippen molar-refractivity contribution in [1.82, 2.24) is 19.3 Å². The molecule has 0 aliphatic rings. The molecule has 4 rings (SSSR count). The summed E-state index contributed by atoms with van der Waals surface area (Å²) in [4.78, 5) is 17.6. The van der Waals surface area contributed by atoms with Gasteiger partial charge in [-0.1, -0.05) is 28.1 Å². The molecule has 2 aromatic heterocycles. The van der Waals surface area contributed by atoms with Crippen LogP contribution < -0.4 is 5.32 Å². The van der Waals surface area contributed by atoms with Crippen molar-refractivity contribution in [2.45, 2.75) is 33.4 Å². The van der Waals surface area contributed by atoms with E-state index in [1.165, 1.54) is 5.56 Å². The lowest BCUT2D eigenvalue weighted by Crippen LogP contribution is -2.20. The Kier molecular flexibility index (Phi) is 5.87. The molecule has 0 atom stereocenters. The van der Waals surface area contributed by atoms with Gasteiger partial charge in [0.15, 0.2) is 0 Å². The van der Waals surface area contributed by atoms with Crippen LogP contribution in [0.2, 0.25) is 0 Å². The smallest absolute Gasteiger partial charge is 0.276 e. The number of carbonyl (C=O) groups is 1. The Bertz CT molecular complexity index is 1300. The standard InChI is InChI=1S/C23H21BrN6O/c1-3-30-21(12-15(2)28-30)22(31)27-23-26-19-13-17(14-25)6-9-20(19)29(23)11-10-16-4-7-18(24)8-5-16/h4-9,12-13H,3,10-11H2,1-2H3,(H,26,27,31). The number of rotatable bonds is 6. The van der Waals surface area contributed by atoms with Gasteiger partial charge in [-0.25, -0.2) is 4.98 Å². The number of halogens is 1. The first-order valence-corrected chi connectivity index (χ1v) is 10.8. The van der Waals surface area contributed by atoms with E-state index in [4.69, 9.17) is 0 Å². The number of aryl methyl sites for hydroxylation is 4. The molecule has 2 heterocycles. The topological polar surface area (TPSA) is 88.5 Å². The van der Waals surface area contributed by atoms with Gasteiger partial charge >= 0.3 is 0 Å². The number of nitriles is 1. The zero-order valence-corrected chi connectivity index (χ0v) is 18.8. The summed E-state index contributed by atoms with van der Waals surface area (Å²) in [7, 11) is 0. The Balaban J connectivity index is 1.68. The van der Waals surface area contributed by atoms with Crippen LogP contribution in [0.1, 0.15) is 34.2 Å². The van der Waals surface area contributed by atoms with E-state index < -0.39 is 0 Å². The lowest BCUT2D eigenvalue weighted by atomic mass is 10.1. The molecule has 156 valence electrons. The third-order valence-corrected chi connectivity index (χ3v) is 5.60. The van der Waals surface area contributed by atoms with E-state index in [9.17, 15) is 10.1 Å². The largest absolute Gasteiger partial charge is 0.310 e. The predicted octanol–water partition coefficient (Wildman–Crippen LogP) is 4.69. The van der Waals surface area contributed by atoms with Gasteiger partial charge < -0.3 is 4.57 Å². The van der Waals surface area contributed by atoms with Crippen molar-refractivity contribution in [2.24, 2.45) is 0 Å². The number of anilines is 1. The first-order chi connectivity index (χ1) is 15.0. The fourth-order valence-electron chi connectivity index (χ4n) is 3.55. The summed E-state index contributed by atoms with van der Waals surface area (Å²) >= 11 is 3.46. The number of hydrogen-bond acceptors (Lipinski definition) is 4. The number of imidazole rings is 1. The highest BCUT2D eigenvalue weighted by atomic mass is 79.9. The minimum atomic E-state index is -0.261. The third-order valence-electron chi connectivity index (χ3n) is 5.07. The van der Waals surface area contributed by atoms with Gasteiger partial charge in [0, 0.05) is 17.6 Å². The van der Waals surface area contributed by atoms with Gasteiger partial charge in [0.25, 0.3) is 5.91 Å². The highest BCUT2D eigenvalue weighted by molar-refractivity contribution is 9.10. The van der Waals surface area contributed by atoms with Gasteiger partial charge in [-0.15, -0.1) is 0 Å². The number of hydrogen-bond donors (Lipinski definition) is 1. The third kappa shape index (κ3) is 4.37. The Morgan fingerprint density at radius 2 is 1.97 bits per heavy atom. The molecule has 0 saturated carbocycles. The molecule has 0 aliphatic heterocycles. The van der Waals surface area contributed by atoms with Gasteiger partial charge in [-0.3, -0.25) is 14.8 Å². The monoisotopic (exact) mass is 476 g/mol. The van der Waals surface area contributed by atoms with Crippen molar-refractivity contribution in [3.05, 3.63) is 75.5 Å². The second kappa shape index (κ2) is 8.74. The molecule has 0 saturated heterocycles. The molecule has 0 spiro atoms. The highest BCUT2D eigenvalue weighted by Gasteiger charge is 2.18. The second-order valence-corrected chi connectivity index (χ2v) is 8.14. The molecule has 0 unspecified atom stereocenters. The molecule has 7 nitrogen and oxygen atoms in total. The Morgan fingerprint density at radius 1 is 1.19 bits per heavy atom. The molecule has 1 N–H and O–H groups in total. The Labute approximate surface area is 188 Å². The van der Waals surface area contributed by atoms with Gasteiger partial charge in [-0.05, 0) is 62.2 Å². The quantitative estimate of drug-likeness (QED) is 0.437. The number of benzene rings is 2. The molecule has 0 fully saturated rings. The van der Waals surface area contributed by atoms with E-state index in [-0.39, 0.29) is 5.91 Å². The minimum absolute atomic E-state index is 0.261. The maximum atomic E-state index is 13.0. The molecule has 2 aromatic carbocycles. The first kappa shape index (κ1) is 20.8. The zero-order valence-electron chi connectivity index (χ0n) is 17.3. The van der Waals surface area contributed by atoms with E-state index in [1.807, 2.05) is 36.6 Å². The molecule has 1 amide bonds. The molecular weight excluding hydrogens is 456 g/mol. The zero-order chi connectivity index (χ0) is 22.0. The Morgan fingerprint density at radius 3 is 2.68 bits per heavy atom. The molecule has 4 aromatic rings. The van der Waals surface area contributed by atoms with E-state index in [2.05, 4.69) is 49.5 Å². The molecule has 0 radical (unpaired) electrons. The number of aromatic nitrogens is 4. The van der Waals surface area contributed by atoms with Gasteiger partial charge in [-0.2, -0.15) is 10.4 Å². The summed E-state index contributed by atoms with van der Waals surface area (Å²) < 4.78 is 4.69. The number of amides is 1. The maximum Gasteiger partial charge on any atom is 0.276 e. The normalized spacial score (nSPS) is 10.9. The number of carbonyl (C=O) groups excluding carboxylic acids is 1. The van der Waals surface area contributed by atoms with Crippen LogP contribution in [0.25, 0.3) is 11.0 Å². The molecular formula is C23H21BrN6O. The Hall–Kier alpha value is -3.44. The van der Waals surface area contributed by atoms with Crippen LogP contribution in [0.3, 0.4) is 0 Å². The van der Waals surface area contributed by atoms with Crippen molar-refractivity contribution in [2.75, 3.05) is 5.32 Å². The lowest BCUT2D eigenvalue weighted by Gasteiger charge is -2.11. The summed E-state index contributed by atoms with van der Waals surface area (Å²) in [5, 5.41) is 16.5. The van der Waals surface area contributed by atoms with Crippen LogP contribution >= 0.6 is 15.9 Å². The maximum absolute atomic E-state index is 13.0. The average Bonchev–Trinajstić information content (AvgIpc) is 3.32. The van der Waals surface area contributed by atoms with E-state index in [0.717, 1.165) is 22.1 Å². The van der Waals surface area contributed by atoms with Gasteiger partial charge in [0.1, 0.15) is 5.69 Å². The fourth-order valence-corrected chi connectivity index (χ4v) is 3.81. The van der Waals surface area contributed by atoms with Crippen molar-refractivity contribution in [1.29, 1.82) is 5.26 Å². The first-order valence-electron chi connectivity index (χ1n) is 9.99. The second-order valence-electron chi connectivity index (χ2n) is 7.22. The van der Waals surface area contributed by atoms with Crippen LogP contribution in [-0.2, 0) is 19.5 Å². The van der Waals surface area contributed by atoms with Crippen LogP contribution in [0.4, 0.5) is 5.95 Å². The van der Waals surface area contributed by atoms with Crippen LogP contribution in [0.15, 0.2) is 53.0 Å². The van der Waals surface area contributed by atoms with E-state index in [0.29, 0.717) is 35.8 Å². The van der Waals surface area contributed by atoms with Crippen molar-refractivity contribution < 1.29 is 4.79 Å². The summed E-state index contributed by atoms with van der Waals surface area (Å²) in [6.07, 6.45) is 0.771. The minimum Gasteiger partial charge on any atom is -0.310 e. The molecule has 31 heavy (non-hydrogen) atoms. The number of nitrogens with zero attached hydrogens (tertiary/aromatic N) is 5. The number of nitrogens with one attached hydrogen (secondary N) is 1.